The van der Waals surface area contributed by atoms with Gasteiger partial charge in [0.25, 0.3) is 0 Å². The molecule has 0 aromatic heterocycles. The summed E-state index contributed by atoms with van der Waals surface area (Å²) < 4.78 is 0. The van der Waals surface area contributed by atoms with Crippen molar-refractivity contribution in [2.24, 2.45) is 11.8 Å². The number of unbranched alkanes of at least 4 members (excludes halogenated alkanes) is 7. The van der Waals surface area contributed by atoms with Crippen molar-refractivity contribution in [1.82, 2.24) is 0 Å². The van der Waals surface area contributed by atoms with E-state index in [2.05, 4.69) is 20.8 Å². The molecule has 2 nitrogen and oxygen atoms in total. The van der Waals surface area contributed by atoms with Crippen molar-refractivity contribution in [1.29, 1.82) is 0 Å². The Labute approximate surface area is 146 Å². The van der Waals surface area contributed by atoms with Gasteiger partial charge in [0.1, 0.15) is 0 Å². The third-order valence-electron chi connectivity index (χ3n) is 5.19. The summed E-state index contributed by atoms with van der Waals surface area (Å²) in [7, 11) is 0. The van der Waals surface area contributed by atoms with E-state index in [1.54, 1.807) is 0 Å². The maximum absolute atomic E-state index is 10.3. The summed E-state index contributed by atoms with van der Waals surface area (Å²) in [4.78, 5) is 0. The predicted octanol–water partition coefficient (Wildman–Crippen LogP) is 6.09. The Bertz CT molecular complexity index is 230. The van der Waals surface area contributed by atoms with E-state index in [0.717, 1.165) is 31.6 Å². The number of rotatable bonds is 17. The SMILES string of the molecule is CCCCCCCCCC(O)C(CO)CCCCC(C)CCC. The van der Waals surface area contributed by atoms with Gasteiger partial charge in [-0.15, -0.1) is 0 Å². The van der Waals surface area contributed by atoms with Crippen LogP contribution in [0.3, 0.4) is 0 Å². The average molecular weight is 329 g/mol. The molecule has 0 aliphatic heterocycles. The fourth-order valence-corrected chi connectivity index (χ4v) is 3.49. The van der Waals surface area contributed by atoms with Crippen LogP contribution >= 0.6 is 0 Å². The van der Waals surface area contributed by atoms with Gasteiger partial charge in [-0.25, -0.2) is 0 Å². The maximum Gasteiger partial charge on any atom is 0.0590 e. The number of aliphatic hydroxyl groups excluding tert-OH is 2. The van der Waals surface area contributed by atoms with Crippen molar-refractivity contribution in [3.05, 3.63) is 0 Å². The van der Waals surface area contributed by atoms with Gasteiger partial charge in [-0.2, -0.15) is 0 Å². The molecule has 0 aromatic carbocycles. The molecule has 23 heavy (non-hydrogen) atoms. The molecule has 0 heterocycles. The highest BCUT2D eigenvalue weighted by atomic mass is 16.3. The summed E-state index contributed by atoms with van der Waals surface area (Å²) in [6, 6.07) is 0. The molecule has 0 fully saturated rings. The van der Waals surface area contributed by atoms with E-state index in [9.17, 15) is 10.2 Å². The highest BCUT2D eigenvalue weighted by Crippen LogP contribution is 2.21. The number of aliphatic hydroxyl groups is 2. The summed E-state index contributed by atoms with van der Waals surface area (Å²) >= 11 is 0. The Kier molecular flexibility index (Phi) is 16.7. The van der Waals surface area contributed by atoms with E-state index in [4.69, 9.17) is 0 Å². The fraction of sp³-hybridized carbons (Fsp3) is 1.00. The van der Waals surface area contributed by atoms with Gasteiger partial charge in [0, 0.05) is 12.5 Å². The summed E-state index contributed by atoms with van der Waals surface area (Å²) in [5.41, 5.74) is 0. The van der Waals surface area contributed by atoms with E-state index in [0.29, 0.717) is 0 Å². The van der Waals surface area contributed by atoms with Gasteiger partial charge in [-0.05, 0) is 18.8 Å². The Balaban J connectivity index is 3.63. The van der Waals surface area contributed by atoms with Gasteiger partial charge in [0.05, 0.1) is 6.10 Å². The molecule has 0 radical (unpaired) electrons. The zero-order chi connectivity index (χ0) is 17.3. The summed E-state index contributed by atoms with van der Waals surface area (Å²) in [5.74, 6) is 0.918. The Morgan fingerprint density at radius 3 is 1.83 bits per heavy atom. The lowest BCUT2D eigenvalue weighted by Crippen LogP contribution is -2.23. The summed E-state index contributed by atoms with van der Waals surface area (Å²) in [6.07, 6.45) is 16.8. The first-order chi connectivity index (χ1) is 11.2. The Morgan fingerprint density at radius 1 is 0.652 bits per heavy atom. The van der Waals surface area contributed by atoms with Crippen LogP contribution in [0.4, 0.5) is 0 Å². The number of hydrogen-bond acceptors (Lipinski definition) is 2. The van der Waals surface area contributed by atoms with Crippen LogP contribution in [0.2, 0.25) is 0 Å². The molecule has 0 spiro atoms. The molecule has 0 aliphatic rings. The van der Waals surface area contributed by atoms with E-state index in [1.165, 1.54) is 64.2 Å². The van der Waals surface area contributed by atoms with Crippen LogP contribution in [-0.4, -0.2) is 22.9 Å². The zero-order valence-electron chi connectivity index (χ0n) is 16.2. The van der Waals surface area contributed by atoms with E-state index in [1.807, 2.05) is 0 Å². The standard InChI is InChI=1S/C21H44O2/c1-4-6-7-8-9-10-11-17-21(23)20(18-22)16-13-12-15-19(3)14-5-2/h19-23H,4-18H2,1-3H3. The van der Waals surface area contributed by atoms with Crippen LogP contribution in [0, 0.1) is 11.8 Å². The minimum absolute atomic E-state index is 0.0940. The van der Waals surface area contributed by atoms with Gasteiger partial charge < -0.3 is 10.2 Å². The summed E-state index contributed by atoms with van der Waals surface area (Å²) in [6.45, 7) is 6.97. The van der Waals surface area contributed by atoms with Crippen LogP contribution in [0.5, 0.6) is 0 Å². The van der Waals surface area contributed by atoms with E-state index < -0.39 is 0 Å². The first-order valence-corrected chi connectivity index (χ1v) is 10.4. The van der Waals surface area contributed by atoms with Gasteiger partial charge in [0.2, 0.25) is 0 Å². The molecule has 0 saturated carbocycles. The van der Waals surface area contributed by atoms with E-state index in [-0.39, 0.29) is 18.6 Å². The largest absolute Gasteiger partial charge is 0.396 e. The molecule has 140 valence electrons. The highest BCUT2D eigenvalue weighted by Gasteiger charge is 2.17. The Hall–Kier alpha value is -0.0800. The second-order valence-electron chi connectivity index (χ2n) is 7.60. The molecule has 0 amide bonds. The van der Waals surface area contributed by atoms with Crippen LogP contribution in [-0.2, 0) is 0 Å². The van der Waals surface area contributed by atoms with Crippen molar-refractivity contribution in [2.75, 3.05) is 6.61 Å². The van der Waals surface area contributed by atoms with Crippen LogP contribution in [0.1, 0.15) is 111 Å². The third-order valence-corrected chi connectivity index (χ3v) is 5.19. The van der Waals surface area contributed by atoms with Crippen molar-refractivity contribution in [2.45, 2.75) is 117 Å². The molecular weight excluding hydrogens is 284 g/mol. The van der Waals surface area contributed by atoms with Gasteiger partial charge in [-0.3, -0.25) is 0 Å². The van der Waals surface area contributed by atoms with Crippen molar-refractivity contribution in [3.63, 3.8) is 0 Å². The quantitative estimate of drug-likeness (QED) is 0.317. The third kappa shape index (κ3) is 14.0. The number of hydrogen-bond donors (Lipinski definition) is 2. The van der Waals surface area contributed by atoms with Gasteiger partial charge >= 0.3 is 0 Å². The maximum atomic E-state index is 10.3. The summed E-state index contributed by atoms with van der Waals surface area (Å²) in [5, 5.41) is 19.8. The molecule has 0 bridgehead atoms. The van der Waals surface area contributed by atoms with Gasteiger partial charge in [-0.1, -0.05) is 97.8 Å². The predicted molar refractivity (Wildman–Crippen MR) is 102 cm³/mol. The minimum atomic E-state index is -0.302. The molecule has 3 atom stereocenters. The molecule has 2 N–H and O–H groups in total. The topological polar surface area (TPSA) is 40.5 Å². The average Bonchev–Trinajstić information content (AvgIpc) is 2.54. The zero-order valence-corrected chi connectivity index (χ0v) is 16.2. The van der Waals surface area contributed by atoms with Gasteiger partial charge in [0.15, 0.2) is 0 Å². The first kappa shape index (κ1) is 22.9. The monoisotopic (exact) mass is 328 g/mol. The van der Waals surface area contributed by atoms with Crippen molar-refractivity contribution < 1.29 is 10.2 Å². The van der Waals surface area contributed by atoms with Crippen LogP contribution < -0.4 is 0 Å². The molecular formula is C21H44O2. The normalized spacial score (nSPS) is 15.5. The van der Waals surface area contributed by atoms with E-state index >= 15 is 0 Å². The fourth-order valence-electron chi connectivity index (χ4n) is 3.49. The van der Waals surface area contributed by atoms with Crippen LogP contribution in [0.15, 0.2) is 0 Å². The second kappa shape index (κ2) is 16.8. The molecule has 3 unspecified atom stereocenters. The van der Waals surface area contributed by atoms with Crippen molar-refractivity contribution in [3.8, 4) is 0 Å². The second-order valence-corrected chi connectivity index (χ2v) is 7.60. The lowest BCUT2D eigenvalue weighted by molar-refractivity contribution is 0.0527. The molecule has 0 saturated heterocycles. The lowest BCUT2D eigenvalue weighted by Gasteiger charge is -2.21. The molecule has 0 rings (SSSR count). The van der Waals surface area contributed by atoms with Crippen LogP contribution in [0.25, 0.3) is 0 Å². The van der Waals surface area contributed by atoms with Crippen molar-refractivity contribution >= 4 is 0 Å². The smallest absolute Gasteiger partial charge is 0.0590 e. The molecule has 0 aliphatic carbocycles. The minimum Gasteiger partial charge on any atom is -0.396 e. The highest BCUT2D eigenvalue weighted by molar-refractivity contribution is 4.69. The molecule has 0 aromatic rings. The Morgan fingerprint density at radius 2 is 1.22 bits per heavy atom. The lowest BCUT2D eigenvalue weighted by atomic mass is 9.91. The first-order valence-electron chi connectivity index (χ1n) is 10.4. The molecule has 2 heteroatoms.